The van der Waals surface area contributed by atoms with E-state index in [1.54, 1.807) is 0 Å². The Kier molecular flexibility index (Phi) is 3.62. The second-order valence-corrected chi connectivity index (χ2v) is 4.37. The lowest BCUT2D eigenvalue weighted by atomic mass is 9.98. The van der Waals surface area contributed by atoms with Crippen molar-refractivity contribution < 1.29 is 18.0 Å². The summed E-state index contributed by atoms with van der Waals surface area (Å²) < 4.78 is 38.9. The molecule has 5 heteroatoms. The van der Waals surface area contributed by atoms with Crippen LogP contribution in [0.25, 0.3) is 11.1 Å². The van der Waals surface area contributed by atoms with Gasteiger partial charge in [-0.05, 0) is 29.3 Å². The Balaban J connectivity index is 2.64. The minimum Gasteiger partial charge on any atom is -0.298 e. The van der Waals surface area contributed by atoms with Gasteiger partial charge in [0.05, 0.1) is 5.56 Å². The first-order chi connectivity index (χ1) is 8.91. The van der Waals surface area contributed by atoms with Crippen molar-refractivity contribution in [1.29, 1.82) is 0 Å². The normalized spacial score (nSPS) is 11.4. The highest BCUT2D eigenvalue weighted by Gasteiger charge is 2.33. The average molecular weight is 285 g/mol. The highest BCUT2D eigenvalue weighted by molar-refractivity contribution is 6.30. The van der Waals surface area contributed by atoms with Gasteiger partial charge >= 0.3 is 6.18 Å². The van der Waals surface area contributed by atoms with Crippen molar-refractivity contribution in [3.63, 3.8) is 0 Å². The van der Waals surface area contributed by atoms with Crippen molar-refractivity contribution in [2.75, 3.05) is 0 Å². The maximum absolute atomic E-state index is 13.0. The molecule has 19 heavy (non-hydrogen) atoms. The molecule has 2 rings (SSSR count). The van der Waals surface area contributed by atoms with Crippen LogP contribution in [0.3, 0.4) is 0 Å². The molecule has 0 radical (unpaired) electrons. The van der Waals surface area contributed by atoms with Crippen molar-refractivity contribution >= 4 is 17.9 Å². The highest BCUT2D eigenvalue weighted by Crippen LogP contribution is 2.38. The first-order valence-electron chi connectivity index (χ1n) is 5.34. The molecule has 0 bridgehead atoms. The van der Waals surface area contributed by atoms with Crippen molar-refractivity contribution in [1.82, 2.24) is 0 Å². The molecule has 0 aliphatic carbocycles. The summed E-state index contributed by atoms with van der Waals surface area (Å²) in [5, 5.41) is 0.0163. The maximum atomic E-state index is 13.0. The van der Waals surface area contributed by atoms with E-state index in [-0.39, 0.29) is 10.6 Å². The van der Waals surface area contributed by atoms with E-state index in [1.165, 1.54) is 36.4 Å². The van der Waals surface area contributed by atoms with Gasteiger partial charge in [-0.2, -0.15) is 13.2 Å². The fraction of sp³-hybridized carbons (Fsp3) is 0.0714. The summed E-state index contributed by atoms with van der Waals surface area (Å²) >= 11 is 5.61. The topological polar surface area (TPSA) is 17.1 Å². The third kappa shape index (κ3) is 2.96. The summed E-state index contributed by atoms with van der Waals surface area (Å²) in [5.74, 6) is 0. The number of halogens is 4. The van der Waals surface area contributed by atoms with Crippen molar-refractivity contribution in [2.45, 2.75) is 6.18 Å². The second kappa shape index (κ2) is 5.05. The average Bonchev–Trinajstić information content (AvgIpc) is 2.37. The number of carbonyl (C=O) groups is 1. The lowest BCUT2D eigenvalue weighted by Gasteiger charge is -2.13. The monoisotopic (exact) mass is 284 g/mol. The molecule has 98 valence electrons. The van der Waals surface area contributed by atoms with Gasteiger partial charge in [0.1, 0.15) is 6.29 Å². The largest absolute Gasteiger partial charge is 0.417 e. The van der Waals surface area contributed by atoms with Gasteiger partial charge in [-0.25, -0.2) is 0 Å². The first-order valence-corrected chi connectivity index (χ1v) is 5.72. The zero-order valence-electron chi connectivity index (χ0n) is 9.54. The smallest absolute Gasteiger partial charge is 0.298 e. The molecule has 0 saturated carbocycles. The summed E-state index contributed by atoms with van der Waals surface area (Å²) in [6.07, 6.45) is -3.91. The lowest BCUT2D eigenvalue weighted by Crippen LogP contribution is -2.07. The molecule has 0 heterocycles. The third-order valence-electron chi connectivity index (χ3n) is 2.62. The van der Waals surface area contributed by atoms with E-state index in [1.807, 2.05) is 0 Å². The Morgan fingerprint density at radius 2 is 1.79 bits per heavy atom. The molecule has 0 aliphatic heterocycles. The third-order valence-corrected chi connectivity index (χ3v) is 2.86. The van der Waals surface area contributed by atoms with Crippen LogP contribution in [0.4, 0.5) is 13.2 Å². The minimum atomic E-state index is -4.50. The SMILES string of the molecule is O=Cc1cccc(-c2ccc(Cl)cc2C(F)(F)F)c1. The predicted molar refractivity (Wildman–Crippen MR) is 67.3 cm³/mol. The van der Waals surface area contributed by atoms with E-state index in [2.05, 4.69) is 0 Å². The van der Waals surface area contributed by atoms with E-state index in [4.69, 9.17) is 11.6 Å². The van der Waals surface area contributed by atoms with Gasteiger partial charge in [0, 0.05) is 10.6 Å². The lowest BCUT2D eigenvalue weighted by molar-refractivity contribution is -0.137. The summed E-state index contributed by atoms with van der Waals surface area (Å²) in [6.45, 7) is 0. The Morgan fingerprint density at radius 1 is 1.05 bits per heavy atom. The van der Waals surface area contributed by atoms with Crippen molar-refractivity contribution in [2.24, 2.45) is 0 Å². The molecule has 0 amide bonds. The van der Waals surface area contributed by atoms with Crippen LogP contribution in [0.1, 0.15) is 15.9 Å². The Hall–Kier alpha value is -1.81. The van der Waals surface area contributed by atoms with Gasteiger partial charge in [0.25, 0.3) is 0 Å². The van der Waals surface area contributed by atoms with Crippen LogP contribution in [0.2, 0.25) is 5.02 Å². The number of rotatable bonds is 2. The van der Waals surface area contributed by atoms with E-state index in [0.29, 0.717) is 17.4 Å². The van der Waals surface area contributed by atoms with E-state index >= 15 is 0 Å². The highest BCUT2D eigenvalue weighted by atomic mass is 35.5. The summed E-state index contributed by atoms with van der Waals surface area (Å²) in [6, 6.07) is 9.56. The molecular formula is C14H8ClF3O. The van der Waals surface area contributed by atoms with Gasteiger partial charge in [-0.1, -0.05) is 35.9 Å². The standard InChI is InChI=1S/C14H8ClF3O/c15-11-4-5-12(13(7-11)14(16,17)18)10-3-1-2-9(6-10)8-19/h1-8H. The number of carbonyl (C=O) groups excluding carboxylic acids is 1. The molecule has 0 unspecified atom stereocenters. The number of benzene rings is 2. The molecule has 0 saturated heterocycles. The fourth-order valence-corrected chi connectivity index (χ4v) is 1.95. The van der Waals surface area contributed by atoms with Crippen LogP contribution >= 0.6 is 11.6 Å². The summed E-state index contributed by atoms with van der Waals surface area (Å²) in [5.41, 5.74) is -0.169. The van der Waals surface area contributed by atoms with Crippen LogP contribution in [0, 0.1) is 0 Å². The Labute approximate surface area is 112 Å². The molecule has 2 aromatic carbocycles. The molecular weight excluding hydrogens is 277 g/mol. The Bertz CT molecular complexity index is 620. The second-order valence-electron chi connectivity index (χ2n) is 3.93. The van der Waals surface area contributed by atoms with E-state index < -0.39 is 11.7 Å². The maximum Gasteiger partial charge on any atom is 0.417 e. The zero-order chi connectivity index (χ0) is 14.0. The number of aldehydes is 1. The van der Waals surface area contributed by atoms with Crippen LogP contribution in [-0.4, -0.2) is 6.29 Å². The predicted octanol–water partition coefficient (Wildman–Crippen LogP) is 4.84. The van der Waals surface area contributed by atoms with Crippen LogP contribution in [0.15, 0.2) is 42.5 Å². The molecule has 0 spiro atoms. The molecule has 0 aromatic heterocycles. The van der Waals surface area contributed by atoms with Gasteiger partial charge in [-0.3, -0.25) is 4.79 Å². The Morgan fingerprint density at radius 3 is 2.42 bits per heavy atom. The molecule has 0 aliphatic rings. The quantitative estimate of drug-likeness (QED) is 0.721. The van der Waals surface area contributed by atoms with Crippen LogP contribution in [-0.2, 0) is 6.18 Å². The summed E-state index contributed by atoms with van der Waals surface area (Å²) in [4.78, 5) is 10.7. The minimum absolute atomic E-state index is 0.000556. The molecule has 0 N–H and O–H groups in total. The fourth-order valence-electron chi connectivity index (χ4n) is 1.78. The first kappa shape index (κ1) is 13.6. The number of hydrogen-bond donors (Lipinski definition) is 0. The van der Waals surface area contributed by atoms with Crippen molar-refractivity contribution in [3.05, 3.63) is 58.6 Å². The summed E-state index contributed by atoms with van der Waals surface area (Å²) in [7, 11) is 0. The number of alkyl halides is 3. The van der Waals surface area contributed by atoms with Crippen LogP contribution < -0.4 is 0 Å². The van der Waals surface area contributed by atoms with Gasteiger partial charge in [0.15, 0.2) is 0 Å². The molecule has 2 aromatic rings. The molecule has 0 atom stereocenters. The van der Waals surface area contributed by atoms with Gasteiger partial charge < -0.3 is 0 Å². The zero-order valence-corrected chi connectivity index (χ0v) is 10.3. The van der Waals surface area contributed by atoms with E-state index in [0.717, 1.165) is 6.07 Å². The van der Waals surface area contributed by atoms with Crippen molar-refractivity contribution in [3.8, 4) is 11.1 Å². The van der Waals surface area contributed by atoms with Gasteiger partial charge in [-0.15, -0.1) is 0 Å². The molecule has 1 nitrogen and oxygen atoms in total. The molecule has 0 fully saturated rings. The van der Waals surface area contributed by atoms with Gasteiger partial charge in [0.2, 0.25) is 0 Å². The van der Waals surface area contributed by atoms with E-state index in [9.17, 15) is 18.0 Å². The van der Waals surface area contributed by atoms with Crippen LogP contribution in [0.5, 0.6) is 0 Å². The number of hydrogen-bond acceptors (Lipinski definition) is 1.